The molecule has 42 heavy (non-hydrogen) atoms. The summed E-state index contributed by atoms with van der Waals surface area (Å²) in [7, 11) is 1.84. The second kappa shape index (κ2) is 15.3. The first kappa shape index (κ1) is 37.1. The lowest BCUT2D eigenvalue weighted by Gasteiger charge is -2.43. The quantitative estimate of drug-likeness (QED) is 0.236. The van der Waals surface area contributed by atoms with Gasteiger partial charge in [-0.15, -0.1) is 0 Å². The van der Waals surface area contributed by atoms with Crippen LogP contribution in [0.5, 0.6) is 0 Å². The van der Waals surface area contributed by atoms with E-state index in [1.54, 1.807) is 27.7 Å². The molecule has 13 atom stereocenters. The Kier molecular flexibility index (Phi) is 13.5. The molecule has 2 aliphatic rings. The number of nitrogens with one attached hydrogen (secondary N) is 1. The van der Waals surface area contributed by atoms with Crippen LogP contribution in [0.15, 0.2) is 11.6 Å². The Morgan fingerprint density at radius 1 is 1.10 bits per heavy atom. The molecular weight excluding hydrogens is 540 g/mol. The number of ether oxygens (including phenoxy) is 3. The molecule has 0 amide bonds. The second-order valence-electron chi connectivity index (χ2n) is 13.4. The molecule has 10 nitrogen and oxygen atoms in total. The van der Waals surface area contributed by atoms with Crippen molar-refractivity contribution in [1.82, 2.24) is 10.2 Å². The van der Waals surface area contributed by atoms with Gasteiger partial charge in [0.2, 0.25) is 0 Å². The first-order chi connectivity index (χ1) is 19.4. The Hall–Kier alpha value is -1.11. The Labute approximate surface area is 253 Å². The summed E-state index contributed by atoms with van der Waals surface area (Å²) in [5, 5.41) is 49.3. The smallest absolute Gasteiger partial charge is 0.311 e. The van der Waals surface area contributed by atoms with E-state index in [1.807, 2.05) is 52.6 Å². The van der Waals surface area contributed by atoms with Crippen molar-refractivity contribution in [2.45, 2.75) is 149 Å². The fourth-order valence-corrected chi connectivity index (χ4v) is 7.03. The standard InChI is InChI=1S/C32H60N2O8/c1-12-23-22(8)40-26(15-24(23)33-14-3)42-27-19(5)28(35)31(9,38)16-18(4)17-34(11)21(7)29(36)32(10,39)25(13-2)41-30(37)20(27)6/h12,18-22,24-29,33,35-36,38-39H,13-17H2,1-11H3/b23-12-/t18-,19+,20-,21-,22-,24?,25-,26+,27+,28-,29-,31-,32-/m1/s1. The lowest BCUT2D eigenvalue weighted by Crippen LogP contribution is -2.59. The number of hydrogen-bond acceptors (Lipinski definition) is 10. The Bertz CT molecular complexity index is 896. The van der Waals surface area contributed by atoms with Crippen molar-refractivity contribution in [3.8, 4) is 0 Å². The topological polar surface area (TPSA) is 141 Å². The molecule has 246 valence electrons. The molecule has 2 heterocycles. The van der Waals surface area contributed by atoms with E-state index in [-0.39, 0.29) is 30.9 Å². The maximum Gasteiger partial charge on any atom is 0.311 e. The van der Waals surface area contributed by atoms with Gasteiger partial charge in [0.25, 0.3) is 0 Å². The van der Waals surface area contributed by atoms with Crippen molar-refractivity contribution in [2.75, 3.05) is 20.1 Å². The Balaban J connectivity index is 2.52. The van der Waals surface area contributed by atoms with Gasteiger partial charge >= 0.3 is 5.97 Å². The van der Waals surface area contributed by atoms with Gasteiger partial charge in [-0.1, -0.05) is 33.8 Å². The number of cyclic esters (lactones) is 1. The molecule has 5 N–H and O–H groups in total. The first-order valence-corrected chi connectivity index (χ1v) is 15.8. The number of likely N-dealkylation sites (N-methyl/N-ethyl adjacent to an activating group) is 2. The number of carbonyl (C=O) groups excluding carboxylic acids is 1. The molecule has 0 aromatic rings. The first-order valence-electron chi connectivity index (χ1n) is 15.8. The third-order valence-corrected chi connectivity index (χ3v) is 9.66. The number of aliphatic hydroxyl groups excluding tert-OH is 2. The molecule has 2 fully saturated rings. The highest BCUT2D eigenvalue weighted by molar-refractivity contribution is 5.73. The molecule has 0 saturated carbocycles. The monoisotopic (exact) mass is 600 g/mol. The van der Waals surface area contributed by atoms with Crippen molar-refractivity contribution in [2.24, 2.45) is 17.8 Å². The van der Waals surface area contributed by atoms with Crippen molar-refractivity contribution >= 4 is 5.97 Å². The number of allylic oxidation sites excluding steroid dienone is 1. The summed E-state index contributed by atoms with van der Waals surface area (Å²) >= 11 is 0. The van der Waals surface area contributed by atoms with Crippen LogP contribution in [0.2, 0.25) is 0 Å². The lowest BCUT2D eigenvalue weighted by molar-refractivity contribution is -0.238. The molecule has 10 heteroatoms. The fourth-order valence-electron chi connectivity index (χ4n) is 7.03. The van der Waals surface area contributed by atoms with Gasteiger partial charge in [-0.05, 0) is 79.5 Å². The second-order valence-corrected chi connectivity index (χ2v) is 13.4. The predicted octanol–water partition coefficient (Wildman–Crippen LogP) is 2.61. The van der Waals surface area contributed by atoms with Crippen LogP contribution in [-0.2, 0) is 19.0 Å². The highest BCUT2D eigenvalue weighted by Crippen LogP contribution is 2.35. The minimum Gasteiger partial charge on any atom is -0.459 e. The number of carbonyl (C=O) groups is 1. The van der Waals surface area contributed by atoms with Crippen LogP contribution in [0.3, 0.4) is 0 Å². The van der Waals surface area contributed by atoms with E-state index in [4.69, 9.17) is 14.2 Å². The van der Waals surface area contributed by atoms with Gasteiger partial charge in [0.15, 0.2) is 6.29 Å². The molecule has 0 bridgehead atoms. The van der Waals surface area contributed by atoms with E-state index in [1.165, 1.54) is 6.92 Å². The van der Waals surface area contributed by atoms with Crippen LogP contribution in [0.4, 0.5) is 0 Å². The van der Waals surface area contributed by atoms with Crippen LogP contribution in [0.1, 0.15) is 88.5 Å². The minimum absolute atomic E-state index is 0.0301. The summed E-state index contributed by atoms with van der Waals surface area (Å²) in [6.45, 7) is 19.4. The summed E-state index contributed by atoms with van der Waals surface area (Å²) in [6.07, 6.45) is -2.07. The van der Waals surface area contributed by atoms with E-state index >= 15 is 0 Å². The summed E-state index contributed by atoms with van der Waals surface area (Å²) in [5.41, 5.74) is -2.09. The highest BCUT2D eigenvalue weighted by Gasteiger charge is 2.48. The third-order valence-electron chi connectivity index (χ3n) is 9.66. The summed E-state index contributed by atoms with van der Waals surface area (Å²) in [6, 6.07) is -0.442. The van der Waals surface area contributed by atoms with Crippen LogP contribution >= 0.6 is 0 Å². The van der Waals surface area contributed by atoms with Crippen LogP contribution in [0, 0.1) is 17.8 Å². The average Bonchev–Trinajstić information content (AvgIpc) is 2.91. The van der Waals surface area contributed by atoms with Crippen LogP contribution < -0.4 is 5.32 Å². The molecule has 1 unspecified atom stereocenters. The van der Waals surface area contributed by atoms with Gasteiger partial charge in [-0.25, -0.2) is 0 Å². The molecule has 0 radical (unpaired) electrons. The highest BCUT2D eigenvalue weighted by atomic mass is 16.7. The molecule has 2 saturated heterocycles. The van der Waals surface area contributed by atoms with Gasteiger partial charge in [0.1, 0.15) is 17.8 Å². The third kappa shape index (κ3) is 8.53. The number of hydrogen-bond donors (Lipinski definition) is 5. The fraction of sp³-hybridized carbons (Fsp3) is 0.906. The molecule has 0 spiro atoms. The maximum atomic E-state index is 13.7. The number of nitrogens with zero attached hydrogens (tertiary/aromatic N) is 1. The number of rotatable bonds is 5. The summed E-state index contributed by atoms with van der Waals surface area (Å²) in [4.78, 5) is 15.6. The zero-order chi connectivity index (χ0) is 32.2. The number of esters is 1. The molecule has 0 aliphatic carbocycles. The SMILES string of the molecule is C/C=C1\C(NCC)C[C@H](O[C@H]2[C@H](C)[C@@H](O)[C@](C)(O)C[C@@H](C)CN(C)[C@H](C)[C@@H](O)[C@](C)(O)[C@@H](CC)OC(=O)[C@@H]2C)O[C@@H]1C. The van der Waals surface area contributed by atoms with Crippen molar-refractivity contribution in [3.63, 3.8) is 0 Å². The molecule has 0 aromatic heterocycles. The molecule has 2 rings (SSSR count). The van der Waals surface area contributed by atoms with E-state index < -0.39 is 65.8 Å². The average molecular weight is 601 g/mol. The Morgan fingerprint density at radius 2 is 1.71 bits per heavy atom. The lowest BCUT2D eigenvalue weighted by atomic mass is 9.78. The van der Waals surface area contributed by atoms with E-state index in [2.05, 4.69) is 5.32 Å². The van der Waals surface area contributed by atoms with Crippen LogP contribution in [-0.4, -0.2) is 112 Å². The van der Waals surface area contributed by atoms with Crippen LogP contribution in [0.25, 0.3) is 0 Å². The zero-order valence-electron chi connectivity index (χ0n) is 27.8. The van der Waals surface area contributed by atoms with Crippen molar-refractivity contribution in [1.29, 1.82) is 0 Å². The van der Waals surface area contributed by atoms with E-state index in [9.17, 15) is 25.2 Å². The van der Waals surface area contributed by atoms with Gasteiger partial charge in [-0.2, -0.15) is 0 Å². The van der Waals surface area contributed by atoms with Crippen molar-refractivity contribution in [3.05, 3.63) is 11.6 Å². The Morgan fingerprint density at radius 3 is 2.26 bits per heavy atom. The largest absolute Gasteiger partial charge is 0.459 e. The van der Waals surface area contributed by atoms with Gasteiger partial charge < -0.3 is 44.9 Å². The molecule has 2 aliphatic heterocycles. The van der Waals surface area contributed by atoms with Gasteiger partial charge in [0, 0.05) is 31.0 Å². The normalized spacial score (nSPS) is 46.6. The van der Waals surface area contributed by atoms with Gasteiger partial charge in [0.05, 0.1) is 29.8 Å². The van der Waals surface area contributed by atoms with Crippen molar-refractivity contribution < 1.29 is 39.4 Å². The predicted molar refractivity (Wildman–Crippen MR) is 163 cm³/mol. The maximum absolute atomic E-state index is 13.7. The zero-order valence-corrected chi connectivity index (χ0v) is 27.8. The molecule has 0 aromatic carbocycles. The van der Waals surface area contributed by atoms with E-state index in [0.29, 0.717) is 13.0 Å². The summed E-state index contributed by atoms with van der Waals surface area (Å²) in [5.74, 6) is -2.24. The summed E-state index contributed by atoms with van der Waals surface area (Å²) < 4.78 is 18.7. The van der Waals surface area contributed by atoms with E-state index in [0.717, 1.165) is 12.1 Å². The van der Waals surface area contributed by atoms with Gasteiger partial charge in [-0.3, -0.25) is 4.79 Å². The molecular formula is C32H60N2O8. The number of aliphatic hydroxyl groups is 4. The minimum atomic E-state index is -1.72.